The number of aromatic nitrogens is 4. The molecule has 208 valence electrons. The van der Waals surface area contributed by atoms with E-state index >= 15 is 0 Å². The van der Waals surface area contributed by atoms with E-state index in [1.54, 1.807) is 38.0 Å². The Morgan fingerprint density at radius 3 is 2.54 bits per heavy atom. The van der Waals surface area contributed by atoms with Crippen LogP contribution in [0.5, 0.6) is 34.6 Å². The van der Waals surface area contributed by atoms with Crippen molar-refractivity contribution in [3.63, 3.8) is 0 Å². The third-order valence-corrected chi connectivity index (χ3v) is 6.88. The third kappa shape index (κ3) is 4.82. The molecule has 0 bridgehead atoms. The molecule has 1 aliphatic heterocycles. The number of benzene rings is 3. The van der Waals surface area contributed by atoms with Gasteiger partial charge in [-0.2, -0.15) is 0 Å². The first-order valence-electron chi connectivity index (χ1n) is 12.8. The highest BCUT2D eigenvalue weighted by Gasteiger charge is 2.34. The zero-order valence-corrected chi connectivity index (χ0v) is 22.9. The number of nitrogens with zero attached hydrogens (tertiary/aromatic N) is 5. The van der Waals surface area contributed by atoms with E-state index in [2.05, 4.69) is 15.2 Å². The second-order valence-electron chi connectivity index (χ2n) is 9.31. The van der Waals surface area contributed by atoms with Crippen LogP contribution in [0.4, 0.5) is 0 Å². The fourth-order valence-corrected chi connectivity index (χ4v) is 4.86. The molecule has 1 N–H and O–H groups in total. The number of phenolic OH excluding ortho intramolecular Hbond substituents is 1. The molecule has 0 unspecified atom stereocenters. The number of phenols is 1. The molecule has 0 fully saturated rings. The van der Waals surface area contributed by atoms with E-state index in [-0.39, 0.29) is 18.3 Å². The van der Waals surface area contributed by atoms with Crippen LogP contribution in [0.1, 0.15) is 40.9 Å². The summed E-state index contributed by atoms with van der Waals surface area (Å²) in [6, 6.07) is 18.3. The van der Waals surface area contributed by atoms with Crippen molar-refractivity contribution in [2.24, 2.45) is 5.16 Å². The monoisotopic (exact) mass is 553 g/mol. The highest BCUT2D eigenvalue weighted by Crippen LogP contribution is 2.49. The van der Waals surface area contributed by atoms with Gasteiger partial charge >= 0.3 is 0 Å². The number of oxime groups is 1. The molecule has 3 aromatic carbocycles. The van der Waals surface area contributed by atoms with E-state index in [4.69, 9.17) is 28.8 Å². The molecule has 0 saturated heterocycles. The van der Waals surface area contributed by atoms with Crippen molar-refractivity contribution in [2.45, 2.75) is 19.4 Å². The van der Waals surface area contributed by atoms with Crippen LogP contribution in [0, 0.1) is 0 Å². The Morgan fingerprint density at radius 2 is 1.78 bits per heavy atom. The largest absolute Gasteiger partial charge is 0.508 e. The standard InChI is InChI=1S/C30H27N5O6/c1-17(18-5-9-21(37-2)10-6-18)34-40-15-26-32-29-28-27(19-7-12-23(38-3)25(13-19)39-4)22-11-8-20(36)14-24(22)41-30(28)31-16-35(29)33-26/h5-14,16,27,36H,15H2,1-4H3/b34-17+/t27-/m1/s1. The molecule has 41 heavy (non-hydrogen) atoms. The fourth-order valence-electron chi connectivity index (χ4n) is 4.86. The summed E-state index contributed by atoms with van der Waals surface area (Å²) >= 11 is 0. The lowest BCUT2D eigenvalue weighted by Gasteiger charge is -2.28. The highest BCUT2D eigenvalue weighted by atomic mass is 16.6. The van der Waals surface area contributed by atoms with Gasteiger partial charge < -0.3 is 28.9 Å². The lowest BCUT2D eigenvalue weighted by Crippen LogP contribution is -2.15. The Balaban J connectivity index is 1.37. The van der Waals surface area contributed by atoms with Gasteiger partial charge in [-0.1, -0.05) is 17.3 Å². The Labute approximate surface area is 235 Å². The summed E-state index contributed by atoms with van der Waals surface area (Å²) in [6.45, 7) is 1.91. The van der Waals surface area contributed by atoms with E-state index in [1.165, 1.54) is 6.33 Å². The molecule has 0 amide bonds. The number of fused-ring (bicyclic) bond motifs is 4. The van der Waals surface area contributed by atoms with Gasteiger partial charge in [0.1, 0.15) is 23.6 Å². The number of hydrogen-bond donors (Lipinski definition) is 1. The Hall–Kier alpha value is -5.32. The maximum atomic E-state index is 10.1. The van der Waals surface area contributed by atoms with Crippen molar-refractivity contribution in [1.29, 1.82) is 0 Å². The summed E-state index contributed by atoms with van der Waals surface area (Å²) in [6.07, 6.45) is 1.54. The van der Waals surface area contributed by atoms with Crippen LogP contribution in [0.25, 0.3) is 5.65 Å². The van der Waals surface area contributed by atoms with Crippen LogP contribution in [-0.4, -0.2) is 51.7 Å². The van der Waals surface area contributed by atoms with Crippen LogP contribution in [0.3, 0.4) is 0 Å². The summed E-state index contributed by atoms with van der Waals surface area (Å²) in [5, 5.41) is 18.9. The molecule has 1 aliphatic rings. The van der Waals surface area contributed by atoms with Crippen molar-refractivity contribution in [3.05, 3.63) is 95.1 Å². The lowest BCUT2D eigenvalue weighted by molar-refractivity contribution is 0.125. The average Bonchev–Trinajstić information content (AvgIpc) is 3.42. The van der Waals surface area contributed by atoms with Crippen molar-refractivity contribution >= 4 is 11.4 Å². The topological polar surface area (TPSA) is 122 Å². The van der Waals surface area contributed by atoms with E-state index in [0.29, 0.717) is 40.3 Å². The maximum Gasteiger partial charge on any atom is 0.228 e. The van der Waals surface area contributed by atoms with Gasteiger partial charge in [0.2, 0.25) is 5.88 Å². The molecule has 6 rings (SSSR count). The van der Waals surface area contributed by atoms with E-state index in [9.17, 15) is 5.11 Å². The molecule has 0 radical (unpaired) electrons. The first-order chi connectivity index (χ1) is 20.0. The van der Waals surface area contributed by atoms with Crippen LogP contribution >= 0.6 is 0 Å². The molecule has 3 heterocycles. The van der Waals surface area contributed by atoms with Crippen molar-refractivity contribution in [3.8, 4) is 34.6 Å². The molecular weight excluding hydrogens is 526 g/mol. The van der Waals surface area contributed by atoms with Gasteiger partial charge in [-0.25, -0.2) is 14.5 Å². The molecule has 11 nitrogen and oxygen atoms in total. The minimum absolute atomic E-state index is 0.0519. The number of rotatable bonds is 8. The lowest BCUT2D eigenvalue weighted by atomic mass is 9.83. The second kappa shape index (κ2) is 10.7. The van der Waals surface area contributed by atoms with Gasteiger partial charge in [0, 0.05) is 17.5 Å². The first-order valence-corrected chi connectivity index (χ1v) is 12.8. The fraction of sp³-hybridized carbons (Fsp3) is 0.200. The Kier molecular flexibility index (Phi) is 6.76. The van der Waals surface area contributed by atoms with Crippen molar-refractivity contribution in [1.82, 2.24) is 19.6 Å². The third-order valence-electron chi connectivity index (χ3n) is 6.88. The van der Waals surface area contributed by atoms with Gasteiger partial charge in [0.15, 0.2) is 29.6 Å². The maximum absolute atomic E-state index is 10.1. The Bertz CT molecular complexity index is 1770. The SMILES string of the molecule is COc1ccc(/C(C)=N/OCc2nc3c4c(ncn3n2)Oc2cc(O)ccc2[C@H]4c2ccc(OC)c(OC)c2)cc1. The van der Waals surface area contributed by atoms with Gasteiger partial charge in [0.25, 0.3) is 0 Å². The van der Waals surface area contributed by atoms with Crippen LogP contribution < -0.4 is 18.9 Å². The smallest absolute Gasteiger partial charge is 0.228 e. The minimum Gasteiger partial charge on any atom is -0.508 e. The normalized spacial score (nSPS) is 14.1. The predicted molar refractivity (Wildman–Crippen MR) is 149 cm³/mol. The summed E-state index contributed by atoms with van der Waals surface area (Å²) in [7, 11) is 4.81. The van der Waals surface area contributed by atoms with Crippen molar-refractivity contribution in [2.75, 3.05) is 21.3 Å². The summed E-state index contributed by atoms with van der Waals surface area (Å²) in [4.78, 5) is 14.9. The van der Waals surface area contributed by atoms with Gasteiger partial charge in [-0.05, 0) is 60.5 Å². The van der Waals surface area contributed by atoms with E-state index < -0.39 is 0 Å². The second-order valence-corrected chi connectivity index (χ2v) is 9.31. The quantitative estimate of drug-likeness (QED) is 0.203. The number of hydrogen-bond acceptors (Lipinski definition) is 10. The average molecular weight is 554 g/mol. The van der Waals surface area contributed by atoms with Crippen molar-refractivity contribution < 1.29 is 28.9 Å². The zero-order chi connectivity index (χ0) is 28.5. The molecule has 11 heteroatoms. The molecule has 0 saturated carbocycles. The van der Waals surface area contributed by atoms with Crippen LogP contribution in [0.2, 0.25) is 0 Å². The first kappa shape index (κ1) is 25.9. The number of ether oxygens (including phenoxy) is 4. The van der Waals surface area contributed by atoms with E-state index in [0.717, 1.165) is 28.0 Å². The molecule has 0 spiro atoms. The molecule has 0 aliphatic carbocycles. The van der Waals surface area contributed by atoms with Gasteiger partial charge in [-0.3, -0.25) is 0 Å². The minimum atomic E-state index is -0.348. The van der Waals surface area contributed by atoms with Crippen LogP contribution in [-0.2, 0) is 11.4 Å². The molecule has 1 atom stereocenters. The predicted octanol–water partition coefficient (Wildman–Crippen LogP) is 5.08. The zero-order valence-electron chi connectivity index (χ0n) is 22.9. The number of aromatic hydroxyl groups is 1. The van der Waals surface area contributed by atoms with Crippen LogP contribution in [0.15, 0.2) is 72.1 Å². The number of methoxy groups -OCH3 is 3. The van der Waals surface area contributed by atoms with E-state index in [1.807, 2.05) is 55.5 Å². The highest BCUT2D eigenvalue weighted by molar-refractivity contribution is 5.98. The molecule has 5 aromatic rings. The summed E-state index contributed by atoms with van der Waals surface area (Å²) < 4.78 is 24.0. The van der Waals surface area contributed by atoms with Gasteiger partial charge in [-0.15, -0.1) is 5.10 Å². The van der Waals surface area contributed by atoms with Gasteiger partial charge in [0.05, 0.1) is 32.6 Å². The molecular formula is C30H27N5O6. The Morgan fingerprint density at radius 1 is 0.976 bits per heavy atom. The summed E-state index contributed by atoms with van der Waals surface area (Å²) in [5.74, 6) is 2.99. The summed E-state index contributed by atoms with van der Waals surface area (Å²) in [5.41, 5.74) is 4.62. The molecule has 2 aromatic heterocycles.